The zero-order valence-corrected chi connectivity index (χ0v) is 21.8. The molecule has 0 radical (unpaired) electrons. The van der Waals surface area contributed by atoms with Gasteiger partial charge in [0.15, 0.2) is 12.3 Å². The van der Waals surface area contributed by atoms with E-state index in [1.165, 1.54) is 5.56 Å². The van der Waals surface area contributed by atoms with E-state index in [9.17, 15) is 18.4 Å². The number of halogens is 2. The van der Waals surface area contributed by atoms with Gasteiger partial charge in [0.2, 0.25) is 0 Å². The Bertz CT molecular complexity index is 798. The van der Waals surface area contributed by atoms with E-state index in [-0.39, 0.29) is 25.0 Å². The predicted octanol–water partition coefficient (Wildman–Crippen LogP) is 7.01. The van der Waals surface area contributed by atoms with Crippen molar-refractivity contribution in [1.82, 2.24) is 0 Å². The van der Waals surface area contributed by atoms with Crippen LogP contribution in [0.25, 0.3) is 0 Å². The lowest BCUT2D eigenvalue weighted by molar-refractivity contribution is -0.158. The minimum absolute atomic E-state index is 0.181. The second kappa shape index (κ2) is 14.5. The molecule has 202 valence electrons. The Hall–Kier alpha value is -2.18. The van der Waals surface area contributed by atoms with Gasteiger partial charge in [-0.1, -0.05) is 38.8 Å². The van der Waals surface area contributed by atoms with Crippen molar-refractivity contribution in [1.29, 1.82) is 0 Å². The van der Waals surface area contributed by atoms with Crippen LogP contribution in [0, 0.1) is 5.92 Å². The molecular weight excluding hydrogens is 466 g/mol. The number of esters is 2. The highest BCUT2D eigenvalue weighted by Gasteiger charge is 2.29. The van der Waals surface area contributed by atoms with Crippen LogP contribution in [0.2, 0.25) is 0 Å². The Labute approximate surface area is 214 Å². The zero-order chi connectivity index (χ0) is 25.9. The maximum Gasteiger partial charge on any atom is 0.340 e. The molecule has 1 unspecified atom stereocenters. The molecule has 0 spiro atoms. The molecule has 2 aliphatic carbocycles. The molecule has 0 aliphatic heterocycles. The highest BCUT2D eigenvalue weighted by molar-refractivity contribution is 5.75. The van der Waals surface area contributed by atoms with E-state index >= 15 is 0 Å². The van der Waals surface area contributed by atoms with E-state index < -0.39 is 24.3 Å². The minimum atomic E-state index is -1.51. The smallest absolute Gasteiger partial charge is 0.340 e. The van der Waals surface area contributed by atoms with Crippen LogP contribution in [0.1, 0.15) is 102 Å². The van der Waals surface area contributed by atoms with Crippen LogP contribution < -0.4 is 4.74 Å². The molecule has 0 amide bonds. The number of rotatable bonds is 12. The van der Waals surface area contributed by atoms with E-state index in [0.717, 1.165) is 57.1 Å². The van der Waals surface area contributed by atoms with Crippen LogP contribution in [-0.2, 0) is 19.1 Å². The highest BCUT2D eigenvalue weighted by Crippen LogP contribution is 2.35. The van der Waals surface area contributed by atoms with Crippen LogP contribution in [0.15, 0.2) is 24.3 Å². The van der Waals surface area contributed by atoms with Crippen molar-refractivity contribution < 1.29 is 32.6 Å². The summed E-state index contributed by atoms with van der Waals surface area (Å²) in [4.78, 5) is 23.6. The second-order valence-electron chi connectivity index (χ2n) is 10.4. The first-order valence-corrected chi connectivity index (χ1v) is 13.8. The van der Waals surface area contributed by atoms with Crippen molar-refractivity contribution in [2.24, 2.45) is 5.92 Å². The van der Waals surface area contributed by atoms with Crippen molar-refractivity contribution in [3.63, 3.8) is 0 Å². The summed E-state index contributed by atoms with van der Waals surface area (Å²) in [5.41, 5.74) is 1.25. The molecule has 36 heavy (non-hydrogen) atoms. The summed E-state index contributed by atoms with van der Waals surface area (Å²) in [5.74, 6) is 0.212. The number of carbonyl (C=O) groups is 2. The molecule has 2 aliphatic rings. The third kappa shape index (κ3) is 8.74. The van der Waals surface area contributed by atoms with Gasteiger partial charge in [-0.3, -0.25) is 0 Å². The van der Waals surface area contributed by atoms with Crippen LogP contribution in [0.3, 0.4) is 0 Å². The van der Waals surface area contributed by atoms with Crippen LogP contribution in [-0.4, -0.2) is 43.1 Å². The van der Waals surface area contributed by atoms with Gasteiger partial charge in [0.05, 0.1) is 6.61 Å². The van der Waals surface area contributed by atoms with Gasteiger partial charge in [-0.2, -0.15) is 0 Å². The number of ether oxygens (including phenoxy) is 3. The fourth-order valence-electron chi connectivity index (χ4n) is 5.20. The lowest BCUT2D eigenvalue weighted by Gasteiger charge is -2.29. The van der Waals surface area contributed by atoms with Gasteiger partial charge in [0.25, 0.3) is 0 Å². The summed E-state index contributed by atoms with van der Waals surface area (Å²) in [6, 6.07) is 8.21. The molecule has 0 heterocycles. The summed E-state index contributed by atoms with van der Waals surface area (Å²) in [7, 11) is 0. The molecule has 1 aromatic carbocycles. The fraction of sp³-hybridized carbons (Fsp3) is 0.724. The molecule has 1 aromatic rings. The third-order valence-electron chi connectivity index (χ3n) is 7.47. The maximum atomic E-state index is 13.7. The molecule has 2 saturated carbocycles. The largest absolute Gasteiger partial charge is 0.493 e. The number of hydrogen-bond donors (Lipinski definition) is 0. The summed E-state index contributed by atoms with van der Waals surface area (Å²) in [5, 5.41) is 0. The molecular formula is C29H42F2O5. The molecule has 0 saturated heterocycles. The van der Waals surface area contributed by atoms with Gasteiger partial charge in [0.1, 0.15) is 18.0 Å². The Morgan fingerprint density at radius 1 is 0.778 bits per heavy atom. The van der Waals surface area contributed by atoms with E-state index in [4.69, 9.17) is 14.2 Å². The standard InChI is InChI=1S/C29H42F2O5/c1-3-5-26(30)28(32)35-24-13-7-20(8-14-24)19-34-23-15-9-21(10-16-23)22-11-17-25(18-12-22)36-29(33)27(31)6-4-2/h9-10,15-16,20,22,24-27H,3-8,11-14,17-19H2,1-2H3/t20?,22?,24?,25?,26?,27-/m0/s1. The van der Waals surface area contributed by atoms with Crippen molar-refractivity contribution >= 4 is 11.9 Å². The Kier molecular flexibility index (Phi) is 11.5. The number of benzene rings is 1. The Balaban J connectivity index is 1.34. The quantitative estimate of drug-likeness (QED) is 0.284. The van der Waals surface area contributed by atoms with E-state index in [0.29, 0.717) is 31.3 Å². The van der Waals surface area contributed by atoms with E-state index in [2.05, 4.69) is 12.1 Å². The minimum Gasteiger partial charge on any atom is -0.493 e. The summed E-state index contributed by atoms with van der Waals surface area (Å²) >= 11 is 0. The average molecular weight is 509 g/mol. The third-order valence-corrected chi connectivity index (χ3v) is 7.47. The van der Waals surface area contributed by atoms with Crippen molar-refractivity contribution in [3.05, 3.63) is 29.8 Å². The molecule has 0 aromatic heterocycles. The van der Waals surface area contributed by atoms with Crippen LogP contribution >= 0.6 is 0 Å². The van der Waals surface area contributed by atoms with Crippen LogP contribution in [0.4, 0.5) is 8.78 Å². The summed E-state index contributed by atoms with van der Waals surface area (Å²) in [6.45, 7) is 4.32. The number of hydrogen-bond acceptors (Lipinski definition) is 5. The van der Waals surface area contributed by atoms with E-state index in [1.807, 2.05) is 26.0 Å². The molecule has 5 nitrogen and oxygen atoms in total. The van der Waals surface area contributed by atoms with Gasteiger partial charge in [-0.25, -0.2) is 18.4 Å². The van der Waals surface area contributed by atoms with Crippen molar-refractivity contribution in [3.8, 4) is 5.75 Å². The number of alkyl halides is 2. The molecule has 0 bridgehead atoms. The van der Waals surface area contributed by atoms with Crippen LogP contribution in [0.5, 0.6) is 5.75 Å². The van der Waals surface area contributed by atoms with Gasteiger partial charge < -0.3 is 14.2 Å². The summed E-state index contributed by atoms with van der Waals surface area (Å²) in [6.07, 6.45) is 4.96. The first kappa shape index (κ1) is 28.4. The molecule has 2 atom stereocenters. The Morgan fingerprint density at radius 3 is 1.72 bits per heavy atom. The summed E-state index contributed by atoms with van der Waals surface area (Å²) < 4.78 is 44.1. The van der Waals surface area contributed by atoms with Crippen molar-refractivity contribution in [2.45, 2.75) is 121 Å². The fourth-order valence-corrected chi connectivity index (χ4v) is 5.20. The number of carbonyl (C=O) groups excluding carboxylic acids is 2. The first-order valence-electron chi connectivity index (χ1n) is 13.8. The van der Waals surface area contributed by atoms with Gasteiger partial charge in [-0.05, 0) is 93.7 Å². The zero-order valence-electron chi connectivity index (χ0n) is 21.8. The second-order valence-corrected chi connectivity index (χ2v) is 10.4. The molecule has 3 rings (SSSR count). The predicted molar refractivity (Wildman–Crippen MR) is 134 cm³/mol. The maximum absolute atomic E-state index is 13.7. The topological polar surface area (TPSA) is 61.8 Å². The monoisotopic (exact) mass is 508 g/mol. The lowest BCUT2D eigenvalue weighted by Crippen LogP contribution is -2.30. The lowest BCUT2D eigenvalue weighted by atomic mass is 9.82. The van der Waals surface area contributed by atoms with Crippen molar-refractivity contribution in [2.75, 3.05) is 6.61 Å². The van der Waals surface area contributed by atoms with Gasteiger partial charge in [-0.15, -0.1) is 0 Å². The average Bonchev–Trinajstić information content (AvgIpc) is 2.89. The van der Waals surface area contributed by atoms with Gasteiger partial charge >= 0.3 is 11.9 Å². The molecule has 2 fully saturated rings. The van der Waals surface area contributed by atoms with Gasteiger partial charge in [0, 0.05) is 0 Å². The molecule has 0 N–H and O–H groups in total. The molecule has 7 heteroatoms. The highest BCUT2D eigenvalue weighted by atomic mass is 19.1. The SMILES string of the molecule is CCCC(F)C(=O)OC1CCC(COc2ccc(C3CCC(OC(=O)[C@@H](F)CCC)CC3)cc2)CC1. The Morgan fingerprint density at radius 2 is 1.25 bits per heavy atom. The normalized spacial score (nSPS) is 26.0. The first-order chi connectivity index (χ1) is 17.4. The van der Waals surface area contributed by atoms with E-state index in [1.54, 1.807) is 0 Å².